The third-order valence-electron chi connectivity index (χ3n) is 6.35. The minimum atomic E-state index is -0.979. The van der Waals surface area contributed by atoms with Crippen molar-refractivity contribution in [3.8, 4) is 0 Å². The molecule has 0 aromatic heterocycles. The monoisotopic (exact) mass is 441 g/mol. The molecule has 1 saturated heterocycles. The summed E-state index contributed by atoms with van der Waals surface area (Å²) in [4.78, 5) is 26.6. The van der Waals surface area contributed by atoms with E-state index in [1.54, 1.807) is 12.1 Å². The zero-order valence-electron chi connectivity index (χ0n) is 18.5. The zero-order chi connectivity index (χ0) is 22.6. The summed E-state index contributed by atoms with van der Waals surface area (Å²) >= 11 is 1.25. The zero-order valence-corrected chi connectivity index (χ0v) is 19.3. The molecule has 2 aromatic rings. The van der Waals surface area contributed by atoms with Crippen molar-refractivity contribution in [1.82, 2.24) is 4.90 Å². The number of thioether (sulfide) groups is 1. The van der Waals surface area contributed by atoms with Crippen molar-refractivity contribution in [2.45, 2.75) is 51.6 Å². The van der Waals surface area contributed by atoms with Gasteiger partial charge in [0.1, 0.15) is 6.23 Å². The Hall–Kier alpha value is -2.31. The minimum Gasteiger partial charge on any atom is -0.465 e. The highest BCUT2D eigenvalue weighted by Crippen LogP contribution is 2.42. The van der Waals surface area contributed by atoms with Crippen LogP contribution in [0.2, 0.25) is 0 Å². The summed E-state index contributed by atoms with van der Waals surface area (Å²) < 4.78 is 6.04. The highest BCUT2D eigenvalue weighted by atomic mass is 32.2. The summed E-state index contributed by atoms with van der Waals surface area (Å²) in [5.41, 5.74) is 1.32. The number of carbonyl (C=O) groups excluding carboxylic acids is 1. The van der Waals surface area contributed by atoms with Gasteiger partial charge in [-0.3, -0.25) is 9.69 Å². The van der Waals surface area contributed by atoms with Crippen LogP contribution >= 0.6 is 11.8 Å². The Morgan fingerprint density at radius 2 is 1.68 bits per heavy atom. The normalized spacial score (nSPS) is 20.1. The first-order valence-electron chi connectivity index (χ1n) is 10.7. The molecule has 1 heterocycles. The molecule has 3 atom stereocenters. The number of carbonyl (C=O) groups is 2. The van der Waals surface area contributed by atoms with Crippen molar-refractivity contribution in [3.05, 3.63) is 71.8 Å². The Kier molecular flexibility index (Phi) is 7.44. The lowest BCUT2D eigenvalue weighted by atomic mass is 9.79. The van der Waals surface area contributed by atoms with Crippen molar-refractivity contribution < 1.29 is 19.4 Å². The number of carboxylic acid groups (broad SMARTS) is 1. The number of amides is 1. The first-order valence-corrected chi connectivity index (χ1v) is 11.5. The number of benzene rings is 2. The predicted octanol–water partition coefficient (Wildman–Crippen LogP) is 6.08. The molecule has 1 amide bonds. The lowest BCUT2D eigenvalue weighted by Gasteiger charge is -2.39. The maximum Gasteiger partial charge on any atom is 0.409 e. The second-order valence-electron chi connectivity index (χ2n) is 8.91. The highest BCUT2D eigenvalue weighted by molar-refractivity contribution is 8.14. The van der Waals surface area contributed by atoms with E-state index in [1.807, 2.05) is 62.4 Å². The fourth-order valence-corrected chi connectivity index (χ4v) is 4.93. The quantitative estimate of drug-likeness (QED) is 0.564. The molecular weight excluding hydrogens is 410 g/mol. The molecule has 1 aliphatic heterocycles. The SMILES string of the molecule is CC(C)C(C)(C)C1OC[C@H](C[C@H](SC(=O)c2ccccc2)c2ccccc2)N1C(=O)O. The highest BCUT2D eigenvalue weighted by Gasteiger charge is 2.48. The standard InChI is InChI=1S/C25H31NO4S/c1-17(2)25(3,4)23-26(24(28)29)20(16-30-23)15-21(18-11-7-5-8-12-18)31-22(27)19-13-9-6-10-14-19/h5-14,17,20-21,23H,15-16H2,1-4H3,(H,28,29)/t20-,21-,23?/m0/s1. The van der Waals surface area contributed by atoms with E-state index in [9.17, 15) is 14.7 Å². The molecule has 31 heavy (non-hydrogen) atoms. The van der Waals surface area contributed by atoms with Gasteiger partial charge in [-0.1, -0.05) is 100 Å². The van der Waals surface area contributed by atoms with Crippen molar-refractivity contribution in [3.63, 3.8) is 0 Å². The Morgan fingerprint density at radius 3 is 2.23 bits per heavy atom. The molecule has 1 fully saturated rings. The van der Waals surface area contributed by atoms with Gasteiger partial charge in [-0.25, -0.2) is 4.79 Å². The second kappa shape index (κ2) is 9.88. The van der Waals surface area contributed by atoms with Gasteiger partial charge in [-0.05, 0) is 17.9 Å². The third kappa shape index (κ3) is 5.31. The Bertz CT molecular complexity index is 885. The van der Waals surface area contributed by atoms with E-state index in [2.05, 4.69) is 13.8 Å². The summed E-state index contributed by atoms with van der Waals surface area (Å²) in [5, 5.41) is 9.82. The van der Waals surface area contributed by atoms with Gasteiger partial charge in [-0.15, -0.1) is 0 Å². The molecular formula is C25H31NO4S. The minimum absolute atomic E-state index is 0.0192. The van der Waals surface area contributed by atoms with E-state index >= 15 is 0 Å². The lowest BCUT2D eigenvalue weighted by Crippen LogP contribution is -2.50. The topological polar surface area (TPSA) is 66.8 Å². The molecule has 2 aromatic carbocycles. The molecule has 0 spiro atoms. The van der Waals surface area contributed by atoms with Gasteiger partial charge >= 0.3 is 6.09 Å². The smallest absolute Gasteiger partial charge is 0.409 e. The fourth-order valence-electron chi connectivity index (χ4n) is 3.79. The molecule has 0 aliphatic carbocycles. The molecule has 0 saturated carbocycles. The van der Waals surface area contributed by atoms with Gasteiger partial charge in [0.15, 0.2) is 0 Å². The Labute approximate surface area is 188 Å². The number of nitrogens with zero attached hydrogens (tertiary/aromatic N) is 1. The van der Waals surface area contributed by atoms with E-state index in [-0.39, 0.29) is 27.7 Å². The van der Waals surface area contributed by atoms with E-state index in [0.29, 0.717) is 18.6 Å². The van der Waals surface area contributed by atoms with Crippen LogP contribution in [0.1, 0.15) is 55.3 Å². The number of hydrogen-bond acceptors (Lipinski definition) is 4. The molecule has 5 nitrogen and oxygen atoms in total. The molecule has 0 radical (unpaired) electrons. The largest absolute Gasteiger partial charge is 0.465 e. The maximum atomic E-state index is 12.9. The van der Waals surface area contributed by atoms with E-state index < -0.39 is 12.3 Å². The summed E-state index contributed by atoms with van der Waals surface area (Å²) in [5.74, 6) is 0.247. The van der Waals surface area contributed by atoms with E-state index in [1.165, 1.54) is 16.7 Å². The van der Waals surface area contributed by atoms with Crippen molar-refractivity contribution in [1.29, 1.82) is 0 Å². The van der Waals surface area contributed by atoms with Crippen LogP contribution in [0.5, 0.6) is 0 Å². The third-order valence-corrected chi connectivity index (χ3v) is 7.55. The van der Waals surface area contributed by atoms with Crippen molar-refractivity contribution >= 4 is 23.0 Å². The van der Waals surface area contributed by atoms with Crippen LogP contribution in [-0.2, 0) is 4.74 Å². The van der Waals surface area contributed by atoms with Crippen molar-refractivity contribution in [2.75, 3.05) is 6.61 Å². The molecule has 1 unspecified atom stereocenters. The first-order chi connectivity index (χ1) is 14.7. The van der Waals surface area contributed by atoms with Gasteiger partial charge < -0.3 is 9.84 Å². The number of ether oxygens (including phenoxy) is 1. The predicted molar refractivity (Wildman–Crippen MR) is 124 cm³/mol. The molecule has 166 valence electrons. The Morgan fingerprint density at radius 1 is 1.10 bits per heavy atom. The van der Waals surface area contributed by atoms with E-state index in [4.69, 9.17) is 4.74 Å². The fraction of sp³-hybridized carbons (Fsp3) is 0.440. The maximum absolute atomic E-state index is 12.9. The molecule has 6 heteroatoms. The molecule has 3 rings (SSSR count). The van der Waals surface area contributed by atoms with Gasteiger partial charge in [0, 0.05) is 16.2 Å². The number of rotatable bonds is 7. The summed E-state index contributed by atoms with van der Waals surface area (Å²) in [6.45, 7) is 8.58. The van der Waals surface area contributed by atoms with Crippen LogP contribution in [0.15, 0.2) is 60.7 Å². The van der Waals surface area contributed by atoms with Gasteiger partial charge in [-0.2, -0.15) is 0 Å². The van der Waals surface area contributed by atoms with Crippen molar-refractivity contribution in [2.24, 2.45) is 11.3 Å². The Balaban J connectivity index is 1.85. The average Bonchev–Trinajstić information content (AvgIpc) is 3.19. The lowest BCUT2D eigenvalue weighted by molar-refractivity contribution is -0.0676. The van der Waals surface area contributed by atoms with Crippen LogP contribution in [0.3, 0.4) is 0 Å². The molecule has 1 aliphatic rings. The summed E-state index contributed by atoms with van der Waals surface area (Å²) in [7, 11) is 0. The first kappa shape index (κ1) is 23.4. The second-order valence-corrected chi connectivity index (χ2v) is 10.1. The summed E-state index contributed by atoms with van der Waals surface area (Å²) in [6.07, 6.45) is -0.988. The molecule has 0 bridgehead atoms. The molecule has 1 N–H and O–H groups in total. The van der Waals surface area contributed by atoms with Gasteiger partial charge in [0.2, 0.25) is 5.12 Å². The van der Waals surface area contributed by atoms with Crippen LogP contribution in [-0.4, -0.2) is 40.1 Å². The number of hydrogen-bond donors (Lipinski definition) is 1. The van der Waals surface area contributed by atoms with Gasteiger partial charge in [0.05, 0.1) is 12.6 Å². The van der Waals surface area contributed by atoms with Crippen LogP contribution in [0.25, 0.3) is 0 Å². The summed E-state index contributed by atoms with van der Waals surface area (Å²) in [6, 6.07) is 18.7. The van der Waals surface area contributed by atoms with Crippen LogP contribution < -0.4 is 0 Å². The van der Waals surface area contributed by atoms with E-state index in [0.717, 1.165) is 5.56 Å². The van der Waals surface area contributed by atoms with Crippen LogP contribution in [0.4, 0.5) is 4.79 Å². The van der Waals surface area contributed by atoms with Gasteiger partial charge in [0.25, 0.3) is 0 Å². The van der Waals surface area contributed by atoms with Crippen LogP contribution in [0, 0.1) is 11.3 Å². The average molecular weight is 442 g/mol.